The average molecular weight is 347 g/mol. The van der Waals surface area contributed by atoms with Gasteiger partial charge in [0, 0.05) is 11.8 Å². The number of nitrogens with zero attached hydrogens (tertiary/aromatic N) is 2. The van der Waals surface area contributed by atoms with Gasteiger partial charge in [0.2, 0.25) is 0 Å². The molecular weight excluding hydrogens is 336 g/mol. The number of amidine groups is 1. The molecule has 1 N–H and O–H groups in total. The lowest BCUT2D eigenvalue weighted by molar-refractivity contribution is -0.385. The van der Waals surface area contributed by atoms with Crippen molar-refractivity contribution < 1.29 is 28.0 Å². The zero-order valence-corrected chi connectivity index (χ0v) is 12.6. The predicted octanol–water partition coefficient (Wildman–Crippen LogP) is 2.04. The molecule has 23 heavy (non-hydrogen) atoms. The second-order valence-corrected chi connectivity index (χ2v) is 5.23. The number of rotatable bonds is 5. The molecule has 2 rings (SSSR count). The normalized spacial score (nSPS) is 13.7. The molecule has 0 bridgehead atoms. The zero-order chi connectivity index (χ0) is 17.0. The highest BCUT2D eigenvalue weighted by molar-refractivity contribution is 8.14. The number of aliphatic imine (C=N–C) groups is 1. The first-order valence-corrected chi connectivity index (χ1v) is 7.20. The van der Waals surface area contributed by atoms with Gasteiger partial charge in [0.15, 0.2) is 16.7 Å². The van der Waals surface area contributed by atoms with Crippen molar-refractivity contribution in [3.05, 3.63) is 27.8 Å². The van der Waals surface area contributed by atoms with Crippen LogP contribution in [0.15, 0.2) is 17.1 Å². The highest BCUT2D eigenvalue weighted by atomic mass is 32.2. The fourth-order valence-electron chi connectivity index (χ4n) is 1.80. The number of amides is 1. The molecule has 11 heteroatoms. The zero-order valence-electron chi connectivity index (χ0n) is 11.7. The topological polar surface area (TPSA) is 103 Å². The van der Waals surface area contributed by atoms with Gasteiger partial charge in [0.1, 0.15) is 5.56 Å². The second kappa shape index (κ2) is 7.22. The van der Waals surface area contributed by atoms with Gasteiger partial charge in [0.25, 0.3) is 11.6 Å². The molecule has 0 fully saturated rings. The molecule has 1 aromatic carbocycles. The number of nitro groups is 1. The lowest BCUT2D eigenvalue weighted by Crippen LogP contribution is -2.28. The van der Waals surface area contributed by atoms with Gasteiger partial charge in [0.05, 0.1) is 24.6 Å². The predicted molar refractivity (Wildman–Crippen MR) is 78.5 cm³/mol. The van der Waals surface area contributed by atoms with Crippen LogP contribution in [0.2, 0.25) is 0 Å². The number of benzene rings is 1. The molecule has 0 spiro atoms. The SMILES string of the molecule is COc1cc(C(=O)NC2=NCCS2)c([N+](=O)[O-])cc1OC(F)F. The monoisotopic (exact) mass is 347 g/mol. The maximum absolute atomic E-state index is 12.4. The van der Waals surface area contributed by atoms with Gasteiger partial charge >= 0.3 is 6.61 Å². The summed E-state index contributed by atoms with van der Waals surface area (Å²) in [5.74, 6) is -0.838. The van der Waals surface area contributed by atoms with E-state index in [0.717, 1.165) is 19.2 Å². The van der Waals surface area contributed by atoms with Crippen molar-refractivity contribution in [2.24, 2.45) is 4.99 Å². The van der Waals surface area contributed by atoms with E-state index < -0.39 is 28.9 Å². The summed E-state index contributed by atoms with van der Waals surface area (Å²) in [5.41, 5.74) is -1.02. The van der Waals surface area contributed by atoms with E-state index in [0.29, 0.717) is 17.5 Å². The summed E-state index contributed by atoms with van der Waals surface area (Å²) in [7, 11) is 1.16. The summed E-state index contributed by atoms with van der Waals surface area (Å²) in [4.78, 5) is 26.4. The van der Waals surface area contributed by atoms with Crippen LogP contribution in [0.3, 0.4) is 0 Å². The van der Waals surface area contributed by atoms with Crippen molar-refractivity contribution in [1.82, 2.24) is 5.32 Å². The van der Waals surface area contributed by atoms with E-state index in [2.05, 4.69) is 15.0 Å². The van der Waals surface area contributed by atoms with Crippen LogP contribution in [0, 0.1) is 10.1 Å². The lowest BCUT2D eigenvalue weighted by Gasteiger charge is -2.12. The average Bonchev–Trinajstić information content (AvgIpc) is 2.98. The van der Waals surface area contributed by atoms with Crippen LogP contribution in [0.5, 0.6) is 11.5 Å². The van der Waals surface area contributed by atoms with E-state index in [-0.39, 0.29) is 11.3 Å². The van der Waals surface area contributed by atoms with E-state index in [1.807, 2.05) is 0 Å². The molecule has 0 aromatic heterocycles. The fourth-order valence-corrected chi connectivity index (χ4v) is 2.53. The maximum Gasteiger partial charge on any atom is 0.387 e. The molecule has 1 aromatic rings. The Morgan fingerprint density at radius 2 is 2.22 bits per heavy atom. The molecule has 8 nitrogen and oxygen atoms in total. The van der Waals surface area contributed by atoms with Gasteiger partial charge in [-0.2, -0.15) is 8.78 Å². The Kier molecular flexibility index (Phi) is 5.32. The molecule has 0 radical (unpaired) electrons. The molecule has 1 aliphatic heterocycles. The number of thioether (sulfide) groups is 1. The third-order valence-electron chi connectivity index (χ3n) is 2.75. The van der Waals surface area contributed by atoms with E-state index in [4.69, 9.17) is 4.74 Å². The van der Waals surface area contributed by atoms with Gasteiger partial charge in [-0.1, -0.05) is 11.8 Å². The number of hydrogen-bond donors (Lipinski definition) is 1. The van der Waals surface area contributed by atoms with E-state index >= 15 is 0 Å². The molecule has 1 amide bonds. The third-order valence-corrected chi connectivity index (χ3v) is 3.64. The Labute approximate surface area is 133 Å². The summed E-state index contributed by atoms with van der Waals surface area (Å²) < 4.78 is 33.7. The second-order valence-electron chi connectivity index (χ2n) is 4.15. The van der Waals surface area contributed by atoms with Gasteiger partial charge in [-0.05, 0) is 0 Å². The molecule has 1 aliphatic rings. The highest BCUT2D eigenvalue weighted by Crippen LogP contribution is 2.35. The number of carbonyl (C=O) groups is 1. The van der Waals surface area contributed by atoms with Crippen LogP contribution in [-0.4, -0.2) is 42.0 Å². The van der Waals surface area contributed by atoms with Gasteiger partial charge in [-0.3, -0.25) is 19.9 Å². The first-order valence-electron chi connectivity index (χ1n) is 6.22. The minimum absolute atomic E-state index is 0.220. The number of methoxy groups -OCH3 is 1. The summed E-state index contributed by atoms with van der Waals surface area (Å²) in [5, 5.41) is 13.9. The minimum atomic E-state index is -3.19. The quantitative estimate of drug-likeness (QED) is 0.646. The summed E-state index contributed by atoms with van der Waals surface area (Å²) in [6.45, 7) is -2.65. The van der Waals surface area contributed by atoms with Crippen molar-refractivity contribution in [2.75, 3.05) is 19.4 Å². The number of nitrogens with one attached hydrogen (secondary N) is 1. The van der Waals surface area contributed by atoms with Crippen LogP contribution in [0.1, 0.15) is 10.4 Å². The maximum atomic E-state index is 12.4. The number of nitro benzene ring substituents is 1. The Bertz CT molecular complexity index is 668. The molecule has 0 aliphatic carbocycles. The third kappa shape index (κ3) is 4.06. The Balaban J connectivity index is 2.40. The van der Waals surface area contributed by atoms with Crippen molar-refractivity contribution in [2.45, 2.75) is 6.61 Å². The Morgan fingerprint density at radius 1 is 1.48 bits per heavy atom. The van der Waals surface area contributed by atoms with Gasteiger partial charge in [-0.15, -0.1) is 0 Å². The van der Waals surface area contributed by atoms with Crippen LogP contribution in [0.4, 0.5) is 14.5 Å². The molecule has 1 heterocycles. The van der Waals surface area contributed by atoms with Crippen LogP contribution in [0.25, 0.3) is 0 Å². The van der Waals surface area contributed by atoms with E-state index in [1.165, 1.54) is 11.8 Å². The first-order chi connectivity index (χ1) is 10.9. The van der Waals surface area contributed by atoms with Gasteiger partial charge < -0.3 is 14.8 Å². The van der Waals surface area contributed by atoms with Crippen LogP contribution in [-0.2, 0) is 0 Å². The van der Waals surface area contributed by atoms with Crippen molar-refractivity contribution >= 4 is 28.5 Å². The molecule has 0 atom stereocenters. The van der Waals surface area contributed by atoms with E-state index in [9.17, 15) is 23.7 Å². The van der Waals surface area contributed by atoms with Crippen LogP contribution < -0.4 is 14.8 Å². The lowest BCUT2D eigenvalue weighted by atomic mass is 10.1. The van der Waals surface area contributed by atoms with Crippen LogP contribution >= 0.6 is 11.8 Å². The van der Waals surface area contributed by atoms with Crippen molar-refractivity contribution in [3.8, 4) is 11.5 Å². The standard InChI is InChI=1S/C12H11F2N3O5S/c1-21-8-4-6(10(18)16-12-15-2-3-23-12)7(17(19)20)5-9(8)22-11(13)14/h4-5,11H,2-3H2,1H3,(H,15,16,18). The summed E-state index contributed by atoms with van der Waals surface area (Å²) in [6, 6.07) is 1.70. The van der Waals surface area contributed by atoms with Crippen molar-refractivity contribution in [3.63, 3.8) is 0 Å². The van der Waals surface area contributed by atoms with Gasteiger partial charge in [-0.25, -0.2) is 0 Å². The number of carbonyl (C=O) groups excluding carboxylic acids is 1. The Hall–Kier alpha value is -2.43. The summed E-state index contributed by atoms with van der Waals surface area (Å²) >= 11 is 1.29. The number of alkyl halides is 2. The largest absolute Gasteiger partial charge is 0.493 e. The highest BCUT2D eigenvalue weighted by Gasteiger charge is 2.27. The Morgan fingerprint density at radius 3 is 2.74 bits per heavy atom. The number of halogens is 2. The summed E-state index contributed by atoms with van der Waals surface area (Å²) in [6.07, 6.45) is 0. The smallest absolute Gasteiger partial charge is 0.387 e. The molecule has 0 unspecified atom stereocenters. The number of ether oxygens (including phenoxy) is 2. The minimum Gasteiger partial charge on any atom is -0.493 e. The van der Waals surface area contributed by atoms with E-state index in [1.54, 1.807) is 0 Å². The molecule has 0 saturated carbocycles. The fraction of sp³-hybridized carbons (Fsp3) is 0.333. The first kappa shape index (κ1) is 16.9. The number of hydrogen-bond acceptors (Lipinski definition) is 7. The molecular formula is C12H11F2N3O5S. The molecule has 124 valence electrons. The molecule has 0 saturated heterocycles. The van der Waals surface area contributed by atoms with Crippen molar-refractivity contribution in [1.29, 1.82) is 0 Å².